The third-order valence-electron chi connectivity index (χ3n) is 3.71. The van der Waals surface area contributed by atoms with Gasteiger partial charge in [0.15, 0.2) is 5.84 Å². The van der Waals surface area contributed by atoms with Gasteiger partial charge in [-0.2, -0.15) is 0 Å². The molecule has 120 valence electrons. The Hall–Kier alpha value is -2.91. The smallest absolute Gasteiger partial charge is 0.155 e. The Morgan fingerprint density at radius 1 is 0.708 bits per heavy atom. The van der Waals surface area contributed by atoms with Crippen molar-refractivity contribution in [3.8, 4) is 0 Å². The van der Waals surface area contributed by atoms with Crippen molar-refractivity contribution in [2.24, 2.45) is 4.99 Å². The summed E-state index contributed by atoms with van der Waals surface area (Å²) in [5.74, 6) is 0.573. The molecule has 0 amide bonds. The van der Waals surface area contributed by atoms with E-state index in [1.807, 2.05) is 91.0 Å². The summed E-state index contributed by atoms with van der Waals surface area (Å²) in [5, 5.41) is 11.8. The molecule has 0 spiro atoms. The van der Waals surface area contributed by atoms with Crippen LogP contribution in [0.2, 0.25) is 0 Å². The van der Waals surface area contributed by atoms with Gasteiger partial charge in [0, 0.05) is 5.56 Å². The fourth-order valence-corrected chi connectivity index (χ4v) is 2.49. The van der Waals surface area contributed by atoms with Gasteiger partial charge in [-0.25, -0.2) is 5.06 Å². The first-order valence-corrected chi connectivity index (χ1v) is 7.97. The highest BCUT2D eigenvalue weighted by Crippen LogP contribution is 2.11. The molecule has 0 aromatic heterocycles. The quantitative estimate of drug-likeness (QED) is 0.426. The molecule has 0 unspecified atom stereocenters. The highest BCUT2D eigenvalue weighted by molar-refractivity contribution is 5.97. The van der Waals surface area contributed by atoms with Crippen LogP contribution in [-0.4, -0.2) is 16.1 Å². The van der Waals surface area contributed by atoms with Crippen LogP contribution < -0.4 is 0 Å². The average molecular weight is 316 g/mol. The van der Waals surface area contributed by atoms with Crippen molar-refractivity contribution in [2.45, 2.75) is 13.1 Å². The second kappa shape index (κ2) is 8.09. The zero-order chi connectivity index (χ0) is 16.6. The molecule has 3 rings (SSSR count). The van der Waals surface area contributed by atoms with E-state index in [-0.39, 0.29) is 0 Å². The molecule has 3 heteroatoms. The maximum Gasteiger partial charge on any atom is 0.155 e. The first-order chi connectivity index (χ1) is 11.8. The fraction of sp³-hybridized carbons (Fsp3) is 0.0952. The molecule has 0 aliphatic carbocycles. The van der Waals surface area contributed by atoms with Crippen molar-refractivity contribution in [2.75, 3.05) is 0 Å². The molecule has 0 radical (unpaired) electrons. The molecule has 0 atom stereocenters. The standard InChI is InChI=1S/C21H20N2O/c24-23(17-19-12-6-2-7-13-19)21(20-14-8-3-9-15-20)22-16-18-10-4-1-5-11-18/h1-15,24H,16-17H2. The van der Waals surface area contributed by atoms with Crippen LogP contribution in [-0.2, 0) is 13.1 Å². The van der Waals surface area contributed by atoms with Crippen molar-refractivity contribution in [1.82, 2.24) is 5.06 Å². The van der Waals surface area contributed by atoms with E-state index in [9.17, 15) is 5.21 Å². The van der Waals surface area contributed by atoms with Gasteiger partial charge in [-0.05, 0) is 11.1 Å². The summed E-state index contributed by atoms with van der Waals surface area (Å²) in [6, 6.07) is 29.7. The van der Waals surface area contributed by atoms with Crippen LogP contribution in [0.1, 0.15) is 16.7 Å². The molecule has 0 saturated carbocycles. The van der Waals surface area contributed by atoms with Crippen molar-refractivity contribution in [3.63, 3.8) is 0 Å². The number of benzene rings is 3. The Bertz CT molecular complexity index is 771. The molecule has 24 heavy (non-hydrogen) atoms. The number of hydrogen-bond acceptors (Lipinski definition) is 2. The van der Waals surface area contributed by atoms with Gasteiger partial charge in [-0.1, -0.05) is 91.0 Å². The van der Waals surface area contributed by atoms with E-state index in [1.54, 1.807) is 0 Å². The maximum atomic E-state index is 10.6. The Balaban J connectivity index is 1.84. The SMILES string of the molecule is ON(Cc1ccccc1)C(=NCc1ccccc1)c1ccccc1. The number of hydrogen-bond donors (Lipinski definition) is 1. The molecule has 0 heterocycles. The largest absolute Gasteiger partial charge is 0.287 e. The van der Waals surface area contributed by atoms with Crippen molar-refractivity contribution in [1.29, 1.82) is 0 Å². The molecule has 3 aromatic rings. The van der Waals surface area contributed by atoms with Crippen LogP contribution in [0.4, 0.5) is 0 Å². The first-order valence-electron chi connectivity index (χ1n) is 7.97. The lowest BCUT2D eigenvalue weighted by molar-refractivity contribution is -0.0224. The Morgan fingerprint density at radius 2 is 1.21 bits per heavy atom. The summed E-state index contributed by atoms with van der Waals surface area (Å²) in [6.45, 7) is 0.917. The van der Waals surface area contributed by atoms with Gasteiger partial charge in [0.25, 0.3) is 0 Å². The van der Waals surface area contributed by atoms with E-state index in [0.29, 0.717) is 18.9 Å². The molecular formula is C21H20N2O. The molecule has 0 bridgehead atoms. The lowest BCUT2D eigenvalue weighted by atomic mass is 10.1. The van der Waals surface area contributed by atoms with Gasteiger partial charge < -0.3 is 0 Å². The van der Waals surface area contributed by atoms with Crippen LogP contribution in [0.15, 0.2) is 96.0 Å². The number of hydroxylamine groups is 2. The monoisotopic (exact) mass is 316 g/mol. The fourth-order valence-electron chi connectivity index (χ4n) is 2.49. The summed E-state index contributed by atoms with van der Waals surface area (Å²) in [4.78, 5) is 4.65. The lowest BCUT2D eigenvalue weighted by Gasteiger charge is -2.19. The molecule has 0 fully saturated rings. The van der Waals surface area contributed by atoms with Gasteiger partial charge in [-0.3, -0.25) is 10.2 Å². The van der Waals surface area contributed by atoms with Crippen LogP contribution in [0.3, 0.4) is 0 Å². The first kappa shape index (κ1) is 16.0. The minimum atomic E-state index is 0.392. The van der Waals surface area contributed by atoms with Crippen LogP contribution in [0, 0.1) is 0 Å². The van der Waals surface area contributed by atoms with E-state index in [1.165, 1.54) is 5.06 Å². The predicted octanol–water partition coefficient (Wildman–Crippen LogP) is 4.52. The number of nitrogens with zero attached hydrogens (tertiary/aromatic N) is 2. The van der Waals surface area contributed by atoms with Gasteiger partial charge in [0.05, 0.1) is 13.1 Å². The van der Waals surface area contributed by atoms with E-state index >= 15 is 0 Å². The summed E-state index contributed by atoms with van der Waals surface area (Å²) >= 11 is 0. The van der Waals surface area contributed by atoms with E-state index in [4.69, 9.17) is 0 Å². The van der Waals surface area contributed by atoms with Gasteiger partial charge >= 0.3 is 0 Å². The molecule has 1 N–H and O–H groups in total. The summed E-state index contributed by atoms with van der Waals surface area (Å²) in [5.41, 5.74) is 3.04. The Morgan fingerprint density at radius 3 is 1.79 bits per heavy atom. The topological polar surface area (TPSA) is 35.8 Å². The molecule has 0 saturated heterocycles. The maximum absolute atomic E-state index is 10.6. The highest BCUT2D eigenvalue weighted by atomic mass is 16.5. The minimum absolute atomic E-state index is 0.392. The van der Waals surface area contributed by atoms with Crippen LogP contribution in [0.5, 0.6) is 0 Å². The second-order valence-corrected chi connectivity index (χ2v) is 5.53. The van der Waals surface area contributed by atoms with Gasteiger partial charge in [0.1, 0.15) is 0 Å². The summed E-state index contributed by atoms with van der Waals surface area (Å²) in [7, 11) is 0. The van der Waals surface area contributed by atoms with Crippen molar-refractivity contribution < 1.29 is 5.21 Å². The van der Waals surface area contributed by atoms with Gasteiger partial charge in [0.2, 0.25) is 0 Å². The average Bonchev–Trinajstić information content (AvgIpc) is 2.64. The second-order valence-electron chi connectivity index (χ2n) is 5.53. The Kier molecular flexibility index (Phi) is 5.38. The highest BCUT2D eigenvalue weighted by Gasteiger charge is 2.11. The van der Waals surface area contributed by atoms with E-state index < -0.39 is 0 Å². The third kappa shape index (κ3) is 4.31. The summed E-state index contributed by atoms with van der Waals surface area (Å²) in [6.07, 6.45) is 0. The summed E-state index contributed by atoms with van der Waals surface area (Å²) < 4.78 is 0. The minimum Gasteiger partial charge on any atom is -0.287 e. The molecule has 0 aliphatic heterocycles. The molecule has 0 aliphatic rings. The molecule has 3 nitrogen and oxygen atoms in total. The van der Waals surface area contributed by atoms with E-state index in [2.05, 4.69) is 4.99 Å². The van der Waals surface area contributed by atoms with E-state index in [0.717, 1.165) is 16.7 Å². The zero-order valence-corrected chi connectivity index (χ0v) is 13.4. The van der Waals surface area contributed by atoms with Crippen LogP contribution in [0.25, 0.3) is 0 Å². The normalized spacial score (nSPS) is 11.3. The molecular weight excluding hydrogens is 296 g/mol. The third-order valence-corrected chi connectivity index (χ3v) is 3.71. The Labute approximate surface area is 142 Å². The number of rotatable bonds is 5. The zero-order valence-electron chi connectivity index (χ0n) is 13.4. The number of aliphatic imine (C=N–C) groups is 1. The lowest BCUT2D eigenvalue weighted by Crippen LogP contribution is -2.28. The van der Waals surface area contributed by atoms with Crippen LogP contribution >= 0.6 is 0 Å². The number of amidine groups is 1. The molecule has 3 aromatic carbocycles. The van der Waals surface area contributed by atoms with Crippen molar-refractivity contribution >= 4 is 5.84 Å². The van der Waals surface area contributed by atoms with Gasteiger partial charge in [-0.15, -0.1) is 0 Å². The predicted molar refractivity (Wildman–Crippen MR) is 96.9 cm³/mol. The van der Waals surface area contributed by atoms with Crippen molar-refractivity contribution in [3.05, 3.63) is 108 Å².